The molecule has 0 unspecified atom stereocenters. The third kappa shape index (κ3) is 2.54. The number of rotatable bonds is 4. The second-order valence-electron chi connectivity index (χ2n) is 4.29. The van der Waals surface area contributed by atoms with Crippen molar-refractivity contribution in [2.24, 2.45) is 5.92 Å². The van der Waals surface area contributed by atoms with Crippen LogP contribution in [0.4, 0.5) is 5.69 Å². The Labute approximate surface area is 105 Å². The number of hydrogen-bond acceptors (Lipinski definition) is 5. The predicted molar refractivity (Wildman–Crippen MR) is 65.1 cm³/mol. The second kappa shape index (κ2) is 4.96. The first-order valence-electron chi connectivity index (χ1n) is 5.70. The van der Waals surface area contributed by atoms with Gasteiger partial charge in [0.2, 0.25) is 0 Å². The van der Waals surface area contributed by atoms with Crippen LogP contribution in [0.1, 0.15) is 28.8 Å². The van der Waals surface area contributed by atoms with Crippen LogP contribution in [0.15, 0.2) is 12.1 Å². The summed E-state index contributed by atoms with van der Waals surface area (Å²) in [6.45, 7) is 0.589. The maximum absolute atomic E-state index is 11.4. The molecule has 1 aromatic rings. The summed E-state index contributed by atoms with van der Waals surface area (Å²) in [5.41, 5.74) is 6.49. The van der Waals surface area contributed by atoms with Crippen molar-refractivity contribution >= 4 is 11.7 Å². The maximum Gasteiger partial charge on any atom is 0.340 e. The zero-order valence-electron chi connectivity index (χ0n) is 10.1. The summed E-state index contributed by atoms with van der Waals surface area (Å²) in [5.74, 6) is 0.449. The van der Waals surface area contributed by atoms with Gasteiger partial charge in [-0.05, 0) is 24.8 Å². The fraction of sp³-hybridized carbons (Fsp3) is 0.385. The molecule has 0 spiro atoms. The summed E-state index contributed by atoms with van der Waals surface area (Å²) in [4.78, 5) is 11.4. The Kier molecular flexibility index (Phi) is 3.38. The summed E-state index contributed by atoms with van der Waals surface area (Å²) >= 11 is 0. The van der Waals surface area contributed by atoms with Gasteiger partial charge in [0.25, 0.3) is 0 Å². The summed E-state index contributed by atoms with van der Waals surface area (Å²) in [7, 11) is 1.27. The molecule has 1 saturated carbocycles. The number of carbonyl (C=O) groups is 1. The lowest BCUT2D eigenvalue weighted by molar-refractivity contribution is 0.0602. The van der Waals surface area contributed by atoms with E-state index in [9.17, 15) is 4.79 Å². The van der Waals surface area contributed by atoms with Crippen molar-refractivity contribution in [3.63, 3.8) is 0 Å². The molecule has 0 amide bonds. The Hall–Kier alpha value is -2.22. The lowest BCUT2D eigenvalue weighted by Gasteiger charge is -2.10. The lowest BCUT2D eigenvalue weighted by Crippen LogP contribution is -2.08. The van der Waals surface area contributed by atoms with Crippen molar-refractivity contribution in [2.75, 3.05) is 19.5 Å². The number of nitrogens with two attached hydrogens (primary N) is 1. The number of anilines is 1. The number of hydrogen-bond donors (Lipinski definition) is 1. The van der Waals surface area contributed by atoms with Crippen LogP contribution in [-0.2, 0) is 4.74 Å². The highest BCUT2D eigenvalue weighted by Crippen LogP contribution is 2.31. The van der Waals surface area contributed by atoms with Crippen LogP contribution in [-0.4, -0.2) is 19.7 Å². The summed E-state index contributed by atoms with van der Waals surface area (Å²) < 4.78 is 10.1. The number of nitriles is 1. The molecule has 1 fully saturated rings. The minimum atomic E-state index is -0.558. The van der Waals surface area contributed by atoms with E-state index in [4.69, 9.17) is 15.7 Å². The molecule has 2 rings (SSSR count). The molecule has 1 aromatic carbocycles. The Bertz CT molecular complexity index is 516. The average Bonchev–Trinajstić information content (AvgIpc) is 3.19. The van der Waals surface area contributed by atoms with Crippen molar-refractivity contribution in [2.45, 2.75) is 12.8 Å². The monoisotopic (exact) mass is 246 g/mol. The lowest BCUT2D eigenvalue weighted by atomic mass is 10.1. The highest BCUT2D eigenvalue weighted by Gasteiger charge is 2.23. The fourth-order valence-corrected chi connectivity index (χ4v) is 1.58. The van der Waals surface area contributed by atoms with Gasteiger partial charge in [0.15, 0.2) is 0 Å². The third-order valence-corrected chi connectivity index (χ3v) is 2.85. The first-order valence-corrected chi connectivity index (χ1v) is 5.70. The van der Waals surface area contributed by atoms with E-state index in [2.05, 4.69) is 4.74 Å². The Balaban J connectivity index is 2.27. The molecule has 0 atom stereocenters. The normalized spacial score (nSPS) is 13.8. The maximum atomic E-state index is 11.4. The smallest absolute Gasteiger partial charge is 0.340 e. The van der Waals surface area contributed by atoms with Gasteiger partial charge in [-0.2, -0.15) is 5.26 Å². The van der Waals surface area contributed by atoms with E-state index in [1.165, 1.54) is 19.2 Å². The van der Waals surface area contributed by atoms with Crippen LogP contribution >= 0.6 is 0 Å². The van der Waals surface area contributed by atoms with E-state index < -0.39 is 5.97 Å². The van der Waals surface area contributed by atoms with Crippen LogP contribution in [0.25, 0.3) is 0 Å². The van der Waals surface area contributed by atoms with Gasteiger partial charge in [0, 0.05) is 11.8 Å². The second-order valence-corrected chi connectivity index (χ2v) is 4.29. The average molecular weight is 246 g/mol. The van der Waals surface area contributed by atoms with Crippen molar-refractivity contribution in [3.05, 3.63) is 23.3 Å². The molecule has 0 aliphatic heterocycles. The standard InChI is InChI=1S/C13H14N2O3/c1-17-13(16)10-4-9(6-14)12(5-11(10)15)18-7-8-2-3-8/h4-5,8H,2-3,7,15H2,1H3. The van der Waals surface area contributed by atoms with E-state index >= 15 is 0 Å². The van der Waals surface area contributed by atoms with E-state index in [0.29, 0.717) is 23.8 Å². The van der Waals surface area contributed by atoms with Crippen LogP contribution in [0, 0.1) is 17.2 Å². The minimum absolute atomic E-state index is 0.188. The highest BCUT2D eigenvalue weighted by molar-refractivity contribution is 5.96. The molecule has 1 aliphatic carbocycles. The van der Waals surface area contributed by atoms with Gasteiger partial charge >= 0.3 is 5.97 Å². The van der Waals surface area contributed by atoms with Crippen LogP contribution in [0.3, 0.4) is 0 Å². The fourth-order valence-electron chi connectivity index (χ4n) is 1.58. The molecular formula is C13H14N2O3. The first-order chi connectivity index (χ1) is 8.65. The van der Waals surface area contributed by atoms with Gasteiger partial charge < -0.3 is 15.2 Å². The van der Waals surface area contributed by atoms with E-state index in [-0.39, 0.29) is 11.3 Å². The largest absolute Gasteiger partial charge is 0.492 e. The molecule has 0 saturated heterocycles. The highest BCUT2D eigenvalue weighted by atomic mass is 16.5. The van der Waals surface area contributed by atoms with Crippen LogP contribution < -0.4 is 10.5 Å². The molecule has 5 heteroatoms. The van der Waals surface area contributed by atoms with Crippen molar-refractivity contribution < 1.29 is 14.3 Å². The molecule has 18 heavy (non-hydrogen) atoms. The van der Waals surface area contributed by atoms with Gasteiger partial charge in [0.1, 0.15) is 11.8 Å². The summed E-state index contributed by atoms with van der Waals surface area (Å²) in [6, 6.07) is 4.91. The molecule has 94 valence electrons. The Morgan fingerprint density at radius 1 is 1.56 bits per heavy atom. The number of esters is 1. The molecule has 5 nitrogen and oxygen atoms in total. The summed E-state index contributed by atoms with van der Waals surface area (Å²) in [5, 5.41) is 9.05. The van der Waals surface area contributed by atoms with Gasteiger partial charge in [-0.15, -0.1) is 0 Å². The van der Waals surface area contributed by atoms with E-state index in [1.54, 1.807) is 0 Å². The van der Waals surface area contributed by atoms with Gasteiger partial charge in [-0.3, -0.25) is 0 Å². The molecular weight excluding hydrogens is 232 g/mol. The topological polar surface area (TPSA) is 85.3 Å². The molecule has 0 radical (unpaired) electrons. The third-order valence-electron chi connectivity index (χ3n) is 2.85. The summed E-state index contributed by atoms with van der Waals surface area (Å²) in [6.07, 6.45) is 2.33. The van der Waals surface area contributed by atoms with E-state index in [0.717, 1.165) is 12.8 Å². The number of carbonyl (C=O) groups excluding carboxylic acids is 1. The quantitative estimate of drug-likeness (QED) is 0.645. The molecule has 2 N–H and O–H groups in total. The van der Waals surface area contributed by atoms with E-state index in [1.807, 2.05) is 6.07 Å². The van der Waals surface area contributed by atoms with Crippen LogP contribution in [0.5, 0.6) is 5.75 Å². The van der Waals surface area contributed by atoms with Crippen molar-refractivity contribution in [1.82, 2.24) is 0 Å². The van der Waals surface area contributed by atoms with Crippen molar-refractivity contribution in [1.29, 1.82) is 5.26 Å². The van der Waals surface area contributed by atoms with Gasteiger partial charge in [-0.25, -0.2) is 4.79 Å². The predicted octanol–water partition coefficient (Wildman–Crippen LogP) is 1.72. The zero-order chi connectivity index (χ0) is 13.1. The van der Waals surface area contributed by atoms with Gasteiger partial charge in [-0.1, -0.05) is 0 Å². The SMILES string of the molecule is COC(=O)c1cc(C#N)c(OCC2CC2)cc1N. The number of nitrogens with zero attached hydrogens (tertiary/aromatic N) is 1. The molecule has 1 aliphatic rings. The molecule has 0 heterocycles. The molecule has 0 bridgehead atoms. The number of ether oxygens (including phenoxy) is 2. The number of benzene rings is 1. The minimum Gasteiger partial charge on any atom is -0.492 e. The first kappa shape index (κ1) is 12.2. The Morgan fingerprint density at radius 2 is 2.28 bits per heavy atom. The van der Waals surface area contributed by atoms with Crippen molar-refractivity contribution in [3.8, 4) is 11.8 Å². The zero-order valence-corrected chi connectivity index (χ0v) is 10.1. The van der Waals surface area contributed by atoms with Gasteiger partial charge in [0.05, 0.1) is 24.8 Å². The molecule has 0 aromatic heterocycles. The number of nitrogen functional groups attached to an aromatic ring is 1. The van der Waals surface area contributed by atoms with Crippen LogP contribution in [0.2, 0.25) is 0 Å². The Morgan fingerprint density at radius 3 is 2.83 bits per heavy atom. The number of methoxy groups -OCH3 is 1.